The molecule has 1 rings (SSSR count). The lowest BCUT2D eigenvalue weighted by Gasteiger charge is -2.41. The zero-order chi connectivity index (χ0) is 18.8. The highest BCUT2D eigenvalue weighted by Crippen LogP contribution is 2.40. The molecule has 0 aromatic heterocycles. The molecule has 0 spiro atoms. The second-order valence-electron chi connectivity index (χ2n) is 9.36. The minimum atomic E-state index is -1.82. The molecule has 1 fully saturated rings. The molecule has 0 aromatic rings. The maximum absolute atomic E-state index is 10.9. The van der Waals surface area contributed by atoms with Gasteiger partial charge in [0.2, 0.25) is 0 Å². The zero-order valence-electron chi connectivity index (χ0n) is 17.4. The molecule has 144 valence electrons. The van der Waals surface area contributed by atoms with E-state index in [1.165, 1.54) is 0 Å². The van der Waals surface area contributed by atoms with E-state index in [1.807, 2.05) is 6.92 Å². The van der Waals surface area contributed by atoms with E-state index in [2.05, 4.69) is 54.6 Å². The van der Waals surface area contributed by atoms with Crippen LogP contribution < -0.4 is 0 Å². The van der Waals surface area contributed by atoms with Crippen molar-refractivity contribution in [3.63, 3.8) is 0 Å². The number of ether oxygens (including phenoxy) is 2. The van der Waals surface area contributed by atoms with Crippen LogP contribution in [-0.4, -0.2) is 44.1 Å². The number of rotatable bonds is 8. The summed E-state index contributed by atoms with van der Waals surface area (Å²) in [5.41, 5.74) is -0.793. The summed E-state index contributed by atoms with van der Waals surface area (Å²) in [5.74, 6) is -0.395. The summed E-state index contributed by atoms with van der Waals surface area (Å²) >= 11 is 0. The number of hydrogen-bond acceptors (Lipinski definition) is 4. The zero-order valence-corrected chi connectivity index (χ0v) is 18.4. The standard InChI is InChI=1S/C19H40O4Si/c1-10-19(21-11-12-22-19)15(2)13-18(7,20)14-16(3)23-24(8,9)17(4,5)6/h15-16,20H,10-14H2,1-9H3/t15-,16+,18?/m0/s1. The van der Waals surface area contributed by atoms with Gasteiger partial charge in [0, 0.05) is 18.4 Å². The van der Waals surface area contributed by atoms with Crippen molar-refractivity contribution >= 4 is 8.32 Å². The Labute approximate surface area is 150 Å². The van der Waals surface area contributed by atoms with E-state index in [-0.39, 0.29) is 17.1 Å². The van der Waals surface area contributed by atoms with Crippen LogP contribution in [0.1, 0.15) is 67.7 Å². The summed E-state index contributed by atoms with van der Waals surface area (Å²) in [5, 5.41) is 11.1. The summed E-state index contributed by atoms with van der Waals surface area (Å²) in [4.78, 5) is 0. The predicted octanol–water partition coefficient (Wildman–Crippen LogP) is 4.72. The Morgan fingerprint density at radius 1 is 1.08 bits per heavy atom. The third kappa shape index (κ3) is 5.53. The van der Waals surface area contributed by atoms with E-state index in [0.717, 1.165) is 6.42 Å². The lowest BCUT2D eigenvalue weighted by atomic mass is 9.83. The van der Waals surface area contributed by atoms with Gasteiger partial charge in [-0.2, -0.15) is 0 Å². The van der Waals surface area contributed by atoms with E-state index < -0.39 is 19.7 Å². The maximum Gasteiger partial charge on any atom is 0.192 e. The quantitative estimate of drug-likeness (QED) is 0.636. The molecule has 1 unspecified atom stereocenters. The molecule has 0 amide bonds. The average molecular weight is 361 g/mol. The molecule has 5 heteroatoms. The normalized spacial score (nSPS) is 23.8. The Morgan fingerprint density at radius 2 is 1.58 bits per heavy atom. The maximum atomic E-state index is 10.9. The van der Waals surface area contributed by atoms with Crippen LogP contribution in [0.15, 0.2) is 0 Å². The molecule has 0 radical (unpaired) electrons. The van der Waals surface area contributed by atoms with E-state index in [4.69, 9.17) is 13.9 Å². The van der Waals surface area contributed by atoms with Crippen molar-refractivity contribution < 1.29 is 19.0 Å². The summed E-state index contributed by atoms with van der Waals surface area (Å²) in [6.07, 6.45) is 2.12. The molecule has 1 aliphatic rings. The van der Waals surface area contributed by atoms with Crippen LogP contribution in [-0.2, 0) is 13.9 Å². The summed E-state index contributed by atoms with van der Waals surface area (Å²) < 4.78 is 18.2. The minimum Gasteiger partial charge on any atom is -0.414 e. The fourth-order valence-electron chi connectivity index (χ4n) is 3.55. The van der Waals surface area contributed by atoms with Crippen molar-refractivity contribution in [2.45, 2.75) is 103 Å². The van der Waals surface area contributed by atoms with Gasteiger partial charge in [-0.15, -0.1) is 0 Å². The van der Waals surface area contributed by atoms with E-state index in [9.17, 15) is 5.11 Å². The molecular formula is C19H40O4Si. The van der Waals surface area contributed by atoms with Crippen molar-refractivity contribution in [3.8, 4) is 0 Å². The van der Waals surface area contributed by atoms with Crippen molar-refractivity contribution in [3.05, 3.63) is 0 Å². The fourth-order valence-corrected chi connectivity index (χ4v) is 4.99. The second-order valence-corrected chi connectivity index (χ2v) is 14.1. The van der Waals surface area contributed by atoms with Crippen LogP contribution in [0.3, 0.4) is 0 Å². The highest BCUT2D eigenvalue weighted by Gasteiger charge is 2.44. The molecule has 1 heterocycles. The van der Waals surface area contributed by atoms with Gasteiger partial charge in [0.25, 0.3) is 0 Å². The number of aliphatic hydroxyl groups is 1. The van der Waals surface area contributed by atoms with Crippen LogP contribution in [0, 0.1) is 5.92 Å². The van der Waals surface area contributed by atoms with Gasteiger partial charge in [-0.1, -0.05) is 34.6 Å². The molecule has 1 N–H and O–H groups in total. The van der Waals surface area contributed by atoms with Crippen molar-refractivity contribution in [1.82, 2.24) is 0 Å². The molecular weight excluding hydrogens is 320 g/mol. The summed E-state index contributed by atoms with van der Waals surface area (Å²) in [6.45, 7) is 20.7. The first-order valence-electron chi connectivity index (χ1n) is 9.43. The van der Waals surface area contributed by atoms with Crippen LogP contribution in [0.25, 0.3) is 0 Å². The monoisotopic (exact) mass is 360 g/mol. The first-order valence-corrected chi connectivity index (χ1v) is 12.3. The van der Waals surface area contributed by atoms with Gasteiger partial charge in [0.15, 0.2) is 14.1 Å². The van der Waals surface area contributed by atoms with Gasteiger partial charge in [0.1, 0.15) is 0 Å². The highest BCUT2D eigenvalue weighted by atomic mass is 28.4. The van der Waals surface area contributed by atoms with Gasteiger partial charge in [-0.3, -0.25) is 0 Å². The fraction of sp³-hybridized carbons (Fsp3) is 1.00. The molecule has 0 bridgehead atoms. The first-order chi connectivity index (χ1) is 10.7. The Bertz CT molecular complexity index is 395. The van der Waals surface area contributed by atoms with Crippen LogP contribution in [0.4, 0.5) is 0 Å². The first kappa shape index (κ1) is 22.1. The molecule has 0 saturated carbocycles. The molecule has 1 aliphatic heterocycles. The van der Waals surface area contributed by atoms with Crippen LogP contribution in [0.5, 0.6) is 0 Å². The third-order valence-electron chi connectivity index (χ3n) is 5.79. The Morgan fingerprint density at radius 3 is 2.00 bits per heavy atom. The van der Waals surface area contributed by atoms with Gasteiger partial charge in [-0.25, -0.2) is 0 Å². The molecule has 1 saturated heterocycles. The molecule has 24 heavy (non-hydrogen) atoms. The Kier molecular flexibility index (Phi) is 7.13. The summed E-state index contributed by atoms with van der Waals surface area (Å²) in [7, 11) is -1.82. The lowest BCUT2D eigenvalue weighted by Crippen LogP contribution is -2.46. The largest absolute Gasteiger partial charge is 0.414 e. The molecule has 4 nitrogen and oxygen atoms in total. The lowest BCUT2D eigenvalue weighted by molar-refractivity contribution is -0.204. The predicted molar refractivity (Wildman–Crippen MR) is 102 cm³/mol. The van der Waals surface area contributed by atoms with E-state index in [1.54, 1.807) is 0 Å². The van der Waals surface area contributed by atoms with Crippen molar-refractivity contribution in [1.29, 1.82) is 0 Å². The molecule has 3 atom stereocenters. The van der Waals surface area contributed by atoms with Gasteiger partial charge >= 0.3 is 0 Å². The Balaban J connectivity index is 2.65. The SMILES string of the molecule is CCC1([C@@H](C)CC(C)(O)C[C@@H](C)O[Si](C)(C)C(C)(C)C)OCCO1. The van der Waals surface area contributed by atoms with Crippen LogP contribution >= 0.6 is 0 Å². The van der Waals surface area contributed by atoms with E-state index in [0.29, 0.717) is 26.1 Å². The van der Waals surface area contributed by atoms with Gasteiger partial charge in [-0.05, 0) is 44.8 Å². The highest BCUT2D eigenvalue weighted by molar-refractivity contribution is 6.74. The van der Waals surface area contributed by atoms with Gasteiger partial charge < -0.3 is 19.0 Å². The van der Waals surface area contributed by atoms with E-state index >= 15 is 0 Å². The summed E-state index contributed by atoms with van der Waals surface area (Å²) in [6, 6.07) is 0. The van der Waals surface area contributed by atoms with Gasteiger partial charge in [0.05, 0.1) is 18.8 Å². The van der Waals surface area contributed by atoms with Crippen molar-refractivity contribution in [2.24, 2.45) is 5.92 Å². The average Bonchev–Trinajstić information content (AvgIpc) is 2.84. The molecule has 0 aliphatic carbocycles. The topological polar surface area (TPSA) is 47.9 Å². The second kappa shape index (κ2) is 7.75. The third-order valence-corrected chi connectivity index (χ3v) is 10.4. The number of hydrogen-bond donors (Lipinski definition) is 1. The van der Waals surface area contributed by atoms with Crippen molar-refractivity contribution in [2.75, 3.05) is 13.2 Å². The minimum absolute atomic E-state index is 0.0380. The smallest absolute Gasteiger partial charge is 0.192 e. The van der Waals surface area contributed by atoms with Crippen LogP contribution in [0.2, 0.25) is 18.1 Å². The molecule has 0 aromatic carbocycles. The Hall–Kier alpha value is 0.0569.